The molecule has 0 saturated heterocycles. The lowest BCUT2D eigenvalue weighted by atomic mass is 10.0. The molecule has 0 spiro atoms. The largest absolute Gasteiger partial charge is 0.339 e. The molecule has 4 aromatic heterocycles. The Morgan fingerprint density at radius 3 is 2.59 bits per heavy atom. The van der Waals surface area contributed by atoms with E-state index in [1.54, 1.807) is 6.20 Å². The number of carbonyl (C=O) groups is 1. The number of nitrogens with one attached hydrogen (secondary N) is 2. The van der Waals surface area contributed by atoms with E-state index >= 15 is 0 Å². The Kier molecular flexibility index (Phi) is 3.95. The van der Waals surface area contributed by atoms with Gasteiger partial charge in [0.15, 0.2) is 5.78 Å². The first-order chi connectivity index (χ1) is 12.8. The van der Waals surface area contributed by atoms with Crippen LogP contribution in [0.2, 0.25) is 0 Å². The van der Waals surface area contributed by atoms with E-state index in [9.17, 15) is 4.79 Å². The summed E-state index contributed by atoms with van der Waals surface area (Å²) in [6.45, 7) is 7.87. The van der Waals surface area contributed by atoms with Crippen molar-refractivity contribution in [1.29, 1.82) is 0 Å². The first-order valence-electron chi connectivity index (χ1n) is 8.88. The zero-order valence-corrected chi connectivity index (χ0v) is 16.1. The zero-order valence-electron chi connectivity index (χ0n) is 16.1. The third-order valence-corrected chi connectivity index (χ3v) is 5.19. The second kappa shape index (κ2) is 6.19. The summed E-state index contributed by atoms with van der Waals surface area (Å²) in [5, 5.41) is 12.5. The van der Waals surface area contributed by atoms with Gasteiger partial charge in [0.1, 0.15) is 11.3 Å². The molecule has 4 rings (SSSR count). The van der Waals surface area contributed by atoms with Crippen LogP contribution >= 0.6 is 0 Å². The zero-order chi connectivity index (χ0) is 19.3. The second-order valence-electron chi connectivity index (χ2n) is 7.06. The van der Waals surface area contributed by atoms with Crippen LogP contribution in [0.25, 0.3) is 22.3 Å². The quantitative estimate of drug-likeness (QED) is 0.545. The number of H-pyrrole nitrogens is 2. The Balaban J connectivity index is 1.67. The van der Waals surface area contributed by atoms with E-state index in [4.69, 9.17) is 0 Å². The second-order valence-corrected chi connectivity index (χ2v) is 7.06. The molecule has 138 valence electrons. The maximum absolute atomic E-state index is 12.6. The minimum Gasteiger partial charge on any atom is -0.339 e. The predicted molar refractivity (Wildman–Crippen MR) is 104 cm³/mol. The van der Waals surface area contributed by atoms with Gasteiger partial charge >= 0.3 is 0 Å². The van der Waals surface area contributed by atoms with Crippen molar-refractivity contribution in [2.24, 2.45) is 7.05 Å². The number of Topliss-reactive ketones (excluding diaryl/α,β-unsaturated/α-hetero) is 1. The molecule has 2 N–H and O–H groups in total. The van der Waals surface area contributed by atoms with Gasteiger partial charge in [-0.2, -0.15) is 10.2 Å². The molecule has 0 aliphatic heterocycles. The summed E-state index contributed by atoms with van der Waals surface area (Å²) in [5.41, 5.74) is 8.15. The fourth-order valence-electron chi connectivity index (χ4n) is 3.48. The standard InChI is InChI=1S/C20H22N6O/c1-10-11(2)23-24-19(10)17(27)7-14-6-15-8-16(22-20(15)21-9-14)18-12(3)25-26(5)13(18)4/h6,8-9H,7H2,1-5H3,(H,21,22)(H,23,24). The molecule has 0 aliphatic carbocycles. The maximum Gasteiger partial charge on any atom is 0.187 e. The van der Waals surface area contributed by atoms with Gasteiger partial charge in [0.25, 0.3) is 0 Å². The van der Waals surface area contributed by atoms with Crippen LogP contribution in [0, 0.1) is 27.7 Å². The van der Waals surface area contributed by atoms with E-state index in [-0.39, 0.29) is 12.2 Å². The van der Waals surface area contributed by atoms with Crippen LogP contribution in [0.15, 0.2) is 18.3 Å². The molecule has 4 aromatic rings. The molecule has 4 heterocycles. The molecule has 0 fully saturated rings. The van der Waals surface area contributed by atoms with E-state index < -0.39 is 0 Å². The van der Waals surface area contributed by atoms with E-state index in [0.29, 0.717) is 5.69 Å². The highest BCUT2D eigenvalue weighted by Gasteiger charge is 2.17. The number of carbonyl (C=O) groups excluding carboxylic acids is 1. The Labute approximate surface area is 156 Å². The van der Waals surface area contributed by atoms with Crippen LogP contribution in [0.1, 0.15) is 38.7 Å². The number of hydrogen-bond donors (Lipinski definition) is 2. The Morgan fingerprint density at radius 1 is 1.19 bits per heavy atom. The van der Waals surface area contributed by atoms with Crippen molar-refractivity contribution in [1.82, 2.24) is 29.9 Å². The van der Waals surface area contributed by atoms with E-state index in [0.717, 1.165) is 50.5 Å². The summed E-state index contributed by atoms with van der Waals surface area (Å²) in [5.74, 6) is -0.00675. The molecule has 7 heteroatoms. The van der Waals surface area contributed by atoms with Gasteiger partial charge in [-0.15, -0.1) is 0 Å². The molecule has 0 bridgehead atoms. The van der Waals surface area contributed by atoms with E-state index in [1.807, 2.05) is 45.5 Å². The summed E-state index contributed by atoms with van der Waals surface area (Å²) in [7, 11) is 1.94. The van der Waals surface area contributed by atoms with Crippen LogP contribution in [-0.2, 0) is 13.5 Å². The van der Waals surface area contributed by atoms with Gasteiger partial charge in [-0.1, -0.05) is 0 Å². The molecule has 0 atom stereocenters. The van der Waals surface area contributed by atoms with Crippen molar-refractivity contribution in [3.8, 4) is 11.3 Å². The van der Waals surface area contributed by atoms with E-state index in [1.165, 1.54) is 0 Å². The number of nitrogens with zero attached hydrogens (tertiary/aromatic N) is 4. The number of pyridine rings is 1. The highest BCUT2D eigenvalue weighted by atomic mass is 16.1. The number of hydrogen-bond acceptors (Lipinski definition) is 4. The normalized spacial score (nSPS) is 11.4. The van der Waals surface area contributed by atoms with E-state index in [2.05, 4.69) is 31.3 Å². The SMILES string of the molecule is Cc1nn(C)c(C)c1-c1cc2cc(CC(=O)c3n[nH]c(C)c3C)cnc2[nH]1. The fraction of sp³-hybridized carbons (Fsp3) is 0.300. The van der Waals surface area contributed by atoms with Crippen LogP contribution < -0.4 is 0 Å². The number of aryl methyl sites for hydroxylation is 3. The van der Waals surface area contributed by atoms with Crippen LogP contribution in [0.5, 0.6) is 0 Å². The fourth-order valence-corrected chi connectivity index (χ4v) is 3.48. The maximum atomic E-state index is 12.6. The van der Waals surface area contributed by atoms with Crippen molar-refractivity contribution in [2.45, 2.75) is 34.1 Å². The molecule has 0 aliphatic rings. The van der Waals surface area contributed by atoms with Crippen LogP contribution in [-0.4, -0.2) is 35.7 Å². The van der Waals surface area contributed by atoms with Crippen molar-refractivity contribution < 1.29 is 4.79 Å². The molecule has 0 radical (unpaired) electrons. The highest BCUT2D eigenvalue weighted by molar-refractivity contribution is 5.97. The number of rotatable bonds is 4. The summed E-state index contributed by atoms with van der Waals surface area (Å²) >= 11 is 0. The molecular weight excluding hydrogens is 340 g/mol. The number of aromatic nitrogens is 6. The molecule has 0 aromatic carbocycles. The van der Waals surface area contributed by atoms with Crippen molar-refractivity contribution in [3.05, 3.63) is 52.2 Å². The molecular formula is C20H22N6O. The molecule has 0 amide bonds. The number of aromatic amines is 2. The van der Waals surface area contributed by atoms with Crippen LogP contribution in [0.4, 0.5) is 0 Å². The summed E-state index contributed by atoms with van der Waals surface area (Å²) in [6, 6.07) is 4.08. The smallest absolute Gasteiger partial charge is 0.187 e. The first-order valence-corrected chi connectivity index (χ1v) is 8.88. The van der Waals surface area contributed by atoms with Gasteiger partial charge in [0.2, 0.25) is 0 Å². The lowest BCUT2D eigenvalue weighted by Gasteiger charge is -2.00. The van der Waals surface area contributed by atoms with Crippen molar-refractivity contribution in [2.75, 3.05) is 0 Å². The van der Waals surface area contributed by atoms with Gasteiger partial charge < -0.3 is 4.98 Å². The van der Waals surface area contributed by atoms with Crippen LogP contribution in [0.3, 0.4) is 0 Å². The molecule has 0 unspecified atom stereocenters. The summed E-state index contributed by atoms with van der Waals surface area (Å²) in [6.07, 6.45) is 2.03. The van der Waals surface area contributed by atoms with Gasteiger partial charge in [0, 0.05) is 47.6 Å². The van der Waals surface area contributed by atoms with Crippen molar-refractivity contribution in [3.63, 3.8) is 0 Å². The summed E-state index contributed by atoms with van der Waals surface area (Å²) < 4.78 is 1.88. The molecule has 27 heavy (non-hydrogen) atoms. The monoisotopic (exact) mass is 362 g/mol. The third kappa shape index (κ3) is 2.85. The van der Waals surface area contributed by atoms with Gasteiger partial charge in [-0.25, -0.2) is 4.98 Å². The van der Waals surface area contributed by atoms with Crippen molar-refractivity contribution >= 4 is 16.8 Å². The number of fused-ring (bicyclic) bond motifs is 1. The topological polar surface area (TPSA) is 92.2 Å². The minimum absolute atomic E-state index is 0.00675. The van der Waals surface area contributed by atoms with Gasteiger partial charge in [0.05, 0.1) is 11.4 Å². The summed E-state index contributed by atoms with van der Waals surface area (Å²) in [4.78, 5) is 20.4. The third-order valence-electron chi connectivity index (χ3n) is 5.19. The molecule has 0 saturated carbocycles. The Bertz CT molecular complexity index is 1180. The lowest BCUT2D eigenvalue weighted by Crippen LogP contribution is -2.06. The average molecular weight is 362 g/mol. The predicted octanol–water partition coefficient (Wildman–Crippen LogP) is 3.35. The first kappa shape index (κ1) is 17.2. The molecule has 7 nitrogen and oxygen atoms in total. The highest BCUT2D eigenvalue weighted by Crippen LogP contribution is 2.29. The number of ketones is 1. The minimum atomic E-state index is -0.00675. The lowest BCUT2D eigenvalue weighted by molar-refractivity contribution is 0.0987. The average Bonchev–Trinajstić information content (AvgIpc) is 3.25. The Morgan fingerprint density at radius 2 is 1.96 bits per heavy atom. The Hall–Kier alpha value is -3.22. The van der Waals surface area contributed by atoms with Gasteiger partial charge in [-0.3, -0.25) is 14.6 Å². The van der Waals surface area contributed by atoms with Gasteiger partial charge in [-0.05, 0) is 45.4 Å².